The first-order valence-corrected chi connectivity index (χ1v) is 11.9. The number of nitrogens with one attached hydrogen (secondary N) is 3. The fraction of sp³-hybridized carbons (Fsp3) is 0.320. The molecule has 37 heavy (non-hydrogen) atoms. The van der Waals surface area contributed by atoms with Crippen molar-refractivity contribution < 1.29 is 28.3 Å². The number of anilines is 1. The number of ether oxygens (including phenoxy) is 1. The second kappa shape index (κ2) is 8.50. The molecule has 3 N–H and O–H groups in total. The monoisotopic (exact) mass is 504 g/mol. The van der Waals surface area contributed by atoms with Gasteiger partial charge in [-0.05, 0) is 29.8 Å². The molecule has 12 heteroatoms. The van der Waals surface area contributed by atoms with Crippen LogP contribution in [0.1, 0.15) is 28.1 Å². The van der Waals surface area contributed by atoms with E-state index in [-0.39, 0.29) is 37.1 Å². The quantitative estimate of drug-likeness (QED) is 0.419. The molecule has 2 fully saturated rings. The molecule has 3 aromatic rings. The molecule has 5 amide bonds. The molecule has 0 unspecified atom stereocenters. The smallest absolute Gasteiger partial charge is 0.322 e. The van der Waals surface area contributed by atoms with Crippen LogP contribution in [0.15, 0.2) is 40.8 Å². The van der Waals surface area contributed by atoms with Crippen LogP contribution in [-0.2, 0) is 21.7 Å². The highest BCUT2D eigenvalue weighted by Crippen LogP contribution is 2.35. The molecule has 0 spiro atoms. The highest BCUT2D eigenvalue weighted by molar-refractivity contribution is 6.07. The number of hydrogen-bond donors (Lipinski definition) is 3. The van der Waals surface area contributed by atoms with Gasteiger partial charge >= 0.3 is 6.03 Å². The predicted octanol–water partition coefficient (Wildman–Crippen LogP) is 0.853. The Bertz CT molecular complexity index is 1470. The molecule has 3 aliphatic heterocycles. The Labute approximate surface area is 210 Å². The summed E-state index contributed by atoms with van der Waals surface area (Å²) in [6, 6.07) is 9.81. The van der Waals surface area contributed by atoms with Crippen LogP contribution in [0.2, 0.25) is 0 Å². The average Bonchev–Trinajstić information content (AvgIpc) is 3.55. The number of aromatic nitrogens is 1. The molecule has 0 radical (unpaired) electrons. The number of urea groups is 1. The molecule has 3 aliphatic rings. The first-order chi connectivity index (χ1) is 17.9. The van der Waals surface area contributed by atoms with E-state index in [2.05, 4.69) is 20.9 Å². The summed E-state index contributed by atoms with van der Waals surface area (Å²) in [5, 5.41) is 7.79. The Morgan fingerprint density at radius 3 is 2.73 bits per heavy atom. The highest BCUT2D eigenvalue weighted by atomic mass is 16.5. The van der Waals surface area contributed by atoms with Gasteiger partial charge in [0.25, 0.3) is 11.8 Å². The van der Waals surface area contributed by atoms with Crippen molar-refractivity contribution in [2.75, 3.05) is 38.2 Å². The molecule has 12 nitrogen and oxygen atoms in total. The number of hydrogen-bond acceptors (Lipinski definition) is 8. The zero-order valence-electron chi connectivity index (χ0n) is 20.0. The van der Waals surface area contributed by atoms with Crippen molar-refractivity contribution in [1.82, 2.24) is 25.8 Å². The number of benzene rings is 1. The summed E-state index contributed by atoms with van der Waals surface area (Å²) >= 11 is 0. The molecule has 190 valence electrons. The topological polar surface area (TPSA) is 146 Å². The van der Waals surface area contributed by atoms with Gasteiger partial charge in [-0.15, -0.1) is 0 Å². The van der Waals surface area contributed by atoms with Crippen molar-refractivity contribution in [3.8, 4) is 5.75 Å². The number of piperazine rings is 1. The summed E-state index contributed by atoms with van der Waals surface area (Å²) in [6.07, 6.45) is 0.0976. The average molecular weight is 505 g/mol. The van der Waals surface area contributed by atoms with Crippen molar-refractivity contribution in [2.24, 2.45) is 0 Å². The lowest BCUT2D eigenvalue weighted by Crippen LogP contribution is -2.48. The van der Waals surface area contributed by atoms with Gasteiger partial charge in [0, 0.05) is 44.2 Å². The van der Waals surface area contributed by atoms with Crippen LogP contribution in [0.4, 0.5) is 10.6 Å². The van der Waals surface area contributed by atoms with Crippen LogP contribution in [0, 0.1) is 0 Å². The zero-order valence-corrected chi connectivity index (χ0v) is 20.0. The summed E-state index contributed by atoms with van der Waals surface area (Å²) in [4.78, 5) is 58.2. The molecule has 1 aromatic carbocycles. The van der Waals surface area contributed by atoms with Crippen LogP contribution < -0.4 is 25.6 Å². The molecule has 0 saturated carbocycles. The number of methoxy groups -OCH3 is 1. The van der Waals surface area contributed by atoms with Crippen LogP contribution in [-0.4, -0.2) is 66.9 Å². The van der Waals surface area contributed by atoms with Gasteiger partial charge in [-0.25, -0.2) is 9.78 Å². The van der Waals surface area contributed by atoms with Gasteiger partial charge in [-0.3, -0.25) is 19.7 Å². The minimum absolute atomic E-state index is 0.0811. The van der Waals surface area contributed by atoms with E-state index in [0.717, 1.165) is 5.56 Å². The minimum Gasteiger partial charge on any atom is -0.497 e. The third kappa shape index (κ3) is 3.81. The fourth-order valence-corrected chi connectivity index (χ4v) is 5.05. The Kier molecular flexibility index (Phi) is 5.25. The van der Waals surface area contributed by atoms with Gasteiger partial charge in [-0.1, -0.05) is 6.07 Å². The molecule has 2 saturated heterocycles. The normalized spacial score (nSPS) is 21.2. The highest BCUT2D eigenvalue weighted by Gasteiger charge is 2.51. The lowest BCUT2D eigenvalue weighted by molar-refractivity contribution is -0.125. The van der Waals surface area contributed by atoms with Gasteiger partial charge in [-0.2, -0.15) is 0 Å². The predicted molar refractivity (Wildman–Crippen MR) is 130 cm³/mol. The molecule has 0 bridgehead atoms. The van der Waals surface area contributed by atoms with Crippen molar-refractivity contribution in [3.05, 3.63) is 53.3 Å². The van der Waals surface area contributed by atoms with E-state index in [4.69, 9.17) is 9.15 Å². The number of carbonyl (C=O) groups is 4. The fourth-order valence-electron chi connectivity index (χ4n) is 5.05. The van der Waals surface area contributed by atoms with Crippen molar-refractivity contribution >= 4 is 40.7 Å². The largest absolute Gasteiger partial charge is 0.497 e. The SMILES string of the molecule is COc1ccc2c(c1)C(=O)N(CC[C@@]1(c3cc4nc(N5CCNC(=O)C5)ccc4o3)NC(=O)NC1=O)C2. The first-order valence-electron chi connectivity index (χ1n) is 11.9. The van der Waals surface area contributed by atoms with Gasteiger partial charge in [0.2, 0.25) is 5.91 Å². The summed E-state index contributed by atoms with van der Waals surface area (Å²) in [5.74, 6) is 0.609. The van der Waals surface area contributed by atoms with E-state index in [1.54, 1.807) is 42.3 Å². The molecule has 5 heterocycles. The summed E-state index contributed by atoms with van der Waals surface area (Å²) in [5.41, 5.74) is 0.844. The molecule has 2 aromatic heterocycles. The van der Waals surface area contributed by atoms with Crippen LogP contribution in [0.25, 0.3) is 11.1 Å². The van der Waals surface area contributed by atoms with Gasteiger partial charge in [0.15, 0.2) is 11.1 Å². The Balaban J connectivity index is 1.28. The lowest BCUT2D eigenvalue weighted by Gasteiger charge is -2.27. The van der Waals surface area contributed by atoms with E-state index < -0.39 is 17.5 Å². The summed E-state index contributed by atoms with van der Waals surface area (Å²) in [7, 11) is 1.54. The van der Waals surface area contributed by atoms with Crippen LogP contribution in [0.5, 0.6) is 5.75 Å². The van der Waals surface area contributed by atoms with Gasteiger partial charge in [0.05, 0.1) is 13.7 Å². The van der Waals surface area contributed by atoms with Crippen LogP contribution in [0.3, 0.4) is 0 Å². The molecule has 6 rings (SSSR count). The van der Waals surface area contributed by atoms with E-state index in [1.165, 1.54) is 0 Å². The molecular formula is C25H24N6O6. The third-order valence-electron chi connectivity index (χ3n) is 7.04. The maximum Gasteiger partial charge on any atom is 0.322 e. The second-order valence-electron chi connectivity index (χ2n) is 9.25. The maximum atomic E-state index is 13.1. The summed E-state index contributed by atoms with van der Waals surface area (Å²) < 4.78 is 11.2. The van der Waals surface area contributed by atoms with Crippen molar-refractivity contribution in [1.29, 1.82) is 0 Å². The standard InChI is InChI=1S/C25H24N6O6/c1-36-15-3-2-14-12-31(22(33)16(14)10-15)8-6-25(23(34)28-24(35)29-25)19-11-17-18(37-19)4-5-20(27-17)30-9-7-26-21(32)13-30/h2-5,10-11H,6-9,12-13H2,1H3,(H,26,32)(H2,28,29,34,35)/t25-/m0/s1. The number of pyridine rings is 1. The number of carbonyl (C=O) groups excluding carboxylic acids is 4. The number of rotatable bonds is 6. The van der Waals surface area contributed by atoms with Gasteiger partial charge in [0.1, 0.15) is 22.8 Å². The number of imide groups is 1. The Morgan fingerprint density at radius 1 is 1.11 bits per heavy atom. The minimum atomic E-state index is -1.50. The maximum absolute atomic E-state index is 13.1. The lowest BCUT2D eigenvalue weighted by atomic mass is 9.92. The number of nitrogens with zero attached hydrogens (tertiary/aromatic N) is 3. The van der Waals surface area contributed by atoms with E-state index in [1.807, 2.05) is 11.0 Å². The third-order valence-corrected chi connectivity index (χ3v) is 7.04. The number of amides is 5. The summed E-state index contributed by atoms with van der Waals surface area (Å²) in [6.45, 7) is 1.93. The van der Waals surface area contributed by atoms with E-state index in [9.17, 15) is 19.2 Å². The van der Waals surface area contributed by atoms with E-state index >= 15 is 0 Å². The zero-order chi connectivity index (χ0) is 25.7. The Hall–Kier alpha value is -4.61. The Morgan fingerprint density at radius 2 is 1.97 bits per heavy atom. The second-order valence-corrected chi connectivity index (χ2v) is 9.25. The van der Waals surface area contributed by atoms with E-state index in [0.29, 0.717) is 47.9 Å². The van der Waals surface area contributed by atoms with Crippen molar-refractivity contribution in [3.63, 3.8) is 0 Å². The number of fused-ring (bicyclic) bond motifs is 2. The number of furan rings is 1. The molecule has 1 atom stereocenters. The van der Waals surface area contributed by atoms with Crippen LogP contribution >= 0.6 is 0 Å². The van der Waals surface area contributed by atoms with Gasteiger partial charge < -0.3 is 29.6 Å². The molecular weight excluding hydrogens is 480 g/mol. The molecule has 0 aliphatic carbocycles. The first kappa shape index (κ1) is 22.8. The van der Waals surface area contributed by atoms with Crippen molar-refractivity contribution in [2.45, 2.75) is 18.5 Å².